The van der Waals surface area contributed by atoms with Crippen LogP contribution in [0.4, 0.5) is 0 Å². The third-order valence-corrected chi connectivity index (χ3v) is 4.86. The number of aromatic amines is 1. The van der Waals surface area contributed by atoms with Gasteiger partial charge in [-0.25, -0.2) is 0 Å². The van der Waals surface area contributed by atoms with E-state index in [2.05, 4.69) is 47.9 Å². The van der Waals surface area contributed by atoms with Crippen molar-refractivity contribution in [2.75, 3.05) is 0 Å². The maximum atomic E-state index is 12.3. The number of aromatic nitrogens is 2. The summed E-state index contributed by atoms with van der Waals surface area (Å²) in [4.78, 5) is 12.3. The third-order valence-electron chi connectivity index (χ3n) is 4.86. The highest BCUT2D eigenvalue weighted by atomic mass is 16.2. The molecule has 0 radical (unpaired) electrons. The van der Waals surface area contributed by atoms with Crippen LogP contribution in [0.3, 0.4) is 0 Å². The maximum Gasteiger partial charge on any atom is 0.287 e. The number of hydrogen-bond donors (Lipinski definition) is 3. The zero-order valence-corrected chi connectivity index (χ0v) is 15.1. The second kappa shape index (κ2) is 7.13. The Hall–Kier alpha value is -2.56. The lowest BCUT2D eigenvalue weighted by Gasteiger charge is -2.33. The number of benzene rings is 1. The first-order valence-electron chi connectivity index (χ1n) is 8.80. The van der Waals surface area contributed by atoms with E-state index < -0.39 is 0 Å². The molecule has 1 aromatic heterocycles. The summed E-state index contributed by atoms with van der Waals surface area (Å²) < 4.78 is 0. The van der Waals surface area contributed by atoms with Crippen LogP contribution in [-0.2, 0) is 0 Å². The first-order valence-corrected chi connectivity index (χ1v) is 8.80. The Morgan fingerprint density at radius 3 is 2.64 bits per heavy atom. The van der Waals surface area contributed by atoms with E-state index in [9.17, 15) is 4.79 Å². The number of nitrogens with zero attached hydrogens (tertiary/aromatic N) is 1. The van der Waals surface area contributed by atoms with Crippen LogP contribution in [0.5, 0.6) is 0 Å². The molecule has 1 atom stereocenters. The topological polar surface area (TPSA) is 69.8 Å². The fourth-order valence-electron chi connectivity index (χ4n) is 3.13. The molecule has 1 aliphatic rings. The van der Waals surface area contributed by atoms with Gasteiger partial charge in [-0.1, -0.05) is 57.2 Å². The molecule has 1 heterocycles. The van der Waals surface area contributed by atoms with Crippen LogP contribution in [0.2, 0.25) is 0 Å². The lowest BCUT2D eigenvalue weighted by molar-refractivity contribution is 0.0931. The molecule has 0 bridgehead atoms. The number of hydrogen-bond acceptors (Lipinski definition) is 3. The quantitative estimate of drug-likeness (QED) is 0.737. The van der Waals surface area contributed by atoms with Gasteiger partial charge in [0.05, 0.1) is 5.69 Å². The van der Waals surface area contributed by atoms with Crippen LogP contribution >= 0.6 is 0 Å². The normalized spacial score (nSPS) is 17.7. The molecule has 1 amide bonds. The smallest absolute Gasteiger partial charge is 0.287 e. The highest BCUT2D eigenvalue weighted by molar-refractivity contribution is 5.93. The van der Waals surface area contributed by atoms with Gasteiger partial charge in [0.2, 0.25) is 0 Å². The fraction of sp³-hybridized carbons (Fsp3) is 0.400. The Kier molecular flexibility index (Phi) is 4.93. The Morgan fingerprint density at radius 2 is 2.00 bits per heavy atom. The molecule has 3 rings (SSSR count). The highest BCUT2D eigenvalue weighted by Crippen LogP contribution is 2.36. The van der Waals surface area contributed by atoms with E-state index in [4.69, 9.17) is 0 Å². The Labute approximate surface area is 148 Å². The van der Waals surface area contributed by atoms with Gasteiger partial charge in [-0.3, -0.25) is 15.3 Å². The summed E-state index contributed by atoms with van der Waals surface area (Å²) in [6.45, 7) is 6.86. The molecule has 1 aliphatic carbocycles. The number of carbonyl (C=O) groups excluding carboxylic acids is 1. The average Bonchev–Trinajstić information content (AvgIpc) is 3.10. The summed E-state index contributed by atoms with van der Waals surface area (Å²) in [7, 11) is 0. The molecule has 132 valence electrons. The van der Waals surface area contributed by atoms with Crippen molar-refractivity contribution in [3.05, 3.63) is 53.9 Å². The van der Waals surface area contributed by atoms with Gasteiger partial charge in [-0.05, 0) is 36.7 Å². The number of allylic oxidation sites excluding steroid dienone is 2. The van der Waals surface area contributed by atoms with E-state index in [0.29, 0.717) is 17.0 Å². The molecule has 0 unspecified atom stereocenters. The summed E-state index contributed by atoms with van der Waals surface area (Å²) in [5.74, 6) is 0.475. The number of amides is 1. The number of carbonyl (C=O) groups is 1. The van der Waals surface area contributed by atoms with Crippen molar-refractivity contribution in [3.63, 3.8) is 0 Å². The van der Waals surface area contributed by atoms with Gasteiger partial charge in [0, 0.05) is 11.3 Å². The zero-order valence-electron chi connectivity index (χ0n) is 15.1. The highest BCUT2D eigenvalue weighted by Gasteiger charge is 2.26. The summed E-state index contributed by atoms with van der Waals surface area (Å²) in [6, 6.07) is 11.5. The summed E-state index contributed by atoms with van der Waals surface area (Å²) in [5, 5.41) is 7.01. The fourth-order valence-corrected chi connectivity index (χ4v) is 3.13. The molecule has 0 saturated heterocycles. The third kappa shape index (κ3) is 4.29. The van der Waals surface area contributed by atoms with Crippen molar-refractivity contribution in [3.8, 4) is 11.3 Å². The lowest BCUT2D eigenvalue weighted by Crippen LogP contribution is -2.38. The molecule has 5 heteroatoms. The van der Waals surface area contributed by atoms with Gasteiger partial charge in [-0.15, -0.1) is 0 Å². The van der Waals surface area contributed by atoms with E-state index >= 15 is 0 Å². The lowest BCUT2D eigenvalue weighted by atomic mass is 9.74. The van der Waals surface area contributed by atoms with Crippen molar-refractivity contribution >= 4 is 5.91 Å². The molecule has 25 heavy (non-hydrogen) atoms. The number of hydrazine groups is 1. The van der Waals surface area contributed by atoms with Crippen LogP contribution in [0, 0.1) is 11.3 Å². The minimum atomic E-state index is -0.214. The van der Waals surface area contributed by atoms with Gasteiger partial charge in [0.1, 0.15) is 5.69 Å². The van der Waals surface area contributed by atoms with Gasteiger partial charge in [0.15, 0.2) is 0 Å². The Bertz CT molecular complexity index is 756. The molecule has 5 nitrogen and oxygen atoms in total. The van der Waals surface area contributed by atoms with Crippen molar-refractivity contribution < 1.29 is 4.79 Å². The number of rotatable bonds is 4. The second-order valence-electron chi connectivity index (χ2n) is 7.68. The first kappa shape index (κ1) is 17.3. The largest absolute Gasteiger partial charge is 0.303 e. The maximum absolute atomic E-state index is 12.3. The minimum absolute atomic E-state index is 0.214. The SMILES string of the molecule is CC(C)(C)[C@@H]1CC=C(NNC(=O)c2cc(-c3ccccc3)n[nH]2)CC1. The van der Waals surface area contributed by atoms with Crippen molar-refractivity contribution in [2.24, 2.45) is 11.3 Å². The van der Waals surface area contributed by atoms with E-state index in [1.807, 2.05) is 30.3 Å². The van der Waals surface area contributed by atoms with Gasteiger partial charge in [0.25, 0.3) is 5.91 Å². The van der Waals surface area contributed by atoms with Crippen LogP contribution in [-0.4, -0.2) is 16.1 Å². The van der Waals surface area contributed by atoms with E-state index in [1.165, 1.54) is 0 Å². The minimum Gasteiger partial charge on any atom is -0.303 e. The first-order chi connectivity index (χ1) is 11.9. The molecule has 2 aromatic rings. The van der Waals surface area contributed by atoms with Crippen molar-refractivity contribution in [1.29, 1.82) is 0 Å². The predicted octanol–water partition coefficient (Wildman–Crippen LogP) is 4.04. The zero-order chi connectivity index (χ0) is 17.9. The van der Waals surface area contributed by atoms with Gasteiger partial charge in [-0.2, -0.15) is 5.10 Å². The van der Waals surface area contributed by atoms with E-state index in [1.54, 1.807) is 6.07 Å². The second-order valence-corrected chi connectivity index (χ2v) is 7.68. The standard InChI is InChI=1S/C20H26N4O/c1-20(2,3)15-9-11-16(12-10-15)21-24-19(25)18-13-17(22-23-18)14-7-5-4-6-8-14/h4-8,11,13,15,21H,9-10,12H2,1-3H3,(H,22,23)(H,24,25)/t15-/m1/s1. The van der Waals surface area contributed by atoms with E-state index in [0.717, 1.165) is 36.2 Å². The molecule has 0 spiro atoms. The molecule has 1 aromatic carbocycles. The summed E-state index contributed by atoms with van der Waals surface area (Å²) in [6.07, 6.45) is 5.34. The molecule has 0 aliphatic heterocycles. The van der Waals surface area contributed by atoms with Gasteiger partial charge < -0.3 is 5.43 Å². The van der Waals surface area contributed by atoms with Crippen LogP contribution in [0.1, 0.15) is 50.5 Å². The van der Waals surface area contributed by atoms with Gasteiger partial charge >= 0.3 is 0 Å². The molecule has 0 fully saturated rings. The monoisotopic (exact) mass is 338 g/mol. The molecular weight excluding hydrogens is 312 g/mol. The average molecular weight is 338 g/mol. The van der Waals surface area contributed by atoms with Crippen molar-refractivity contribution in [1.82, 2.24) is 21.0 Å². The summed E-state index contributed by atoms with van der Waals surface area (Å²) >= 11 is 0. The number of H-pyrrole nitrogens is 1. The van der Waals surface area contributed by atoms with Crippen LogP contribution in [0.25, 0.3) is 11.3 Å². The van der Waals surface area contributed by atoms with E-state index in [-0.39, 0.29) is 5.91 Å². The predicted molar refractivity (Wildman–Crippen MR) is 99.5 cm³/mol. The molecule has 3 N–H and O–H groups in total. The van der Waals surface area contributed by atoms with Crippen LogP contribution < -0.4 is 10.9 Å². The molecule has 0 saturated carbocycles. The number of nitrogens with one attached hydrogen (secondary N) is 3. The summed E-state index contributed by atoms with van der Waals surface area (Å²) in [5.41, 5.74) is 9.40. The Morgan fingerprint density at radius 1 is 1.24 bits per heavy atom. The molecular formula is C20H26N4O. The Balaban J connectivity index is 1.55. The van der Waals surface area contributed by atoms with Crippen molar-refractivity contribution in [2.45, 2.75) is 40.0 Å². The van der Waals surface area contributed by atoms with Crippen LogP contribution in [0.15, 0.2) is 48.2 Å².